The van der Waals surface area contributed by atoms with Gasteiger partial charge < -0.3 is 0 Å². The number of rotatable bonds is 4. The molecule has 1 rings (SSSR count). The Morgan fingerprint density at radius 3 is 2.40 bits per heavy atom. The Morgan fingerprint density at radius 2 is 1.93 bits per heavy atom. The van der Waals surface area contributed by atoms with E-state index in [9.17, 15) is 4.79 Å². The van der Waals surface area contributed by atoms with Crippen LogP contribution in [0, 0.1) is 5.92 Å². The molecule has 0 spiro atoms. The van der Waals surface area contributed by atoms with Crippen molar-refractivity contribution in [2.75, 3.05) is 0 Å². The Hall–Kier alpha value is -0.850. The molecule has 0 aromatic heterocycles. The molecule has 0 fully saturated rings. The highest BCUT2D eigenvalue weighted by Crippen LogP contribution is 2.34. The zero-order valence-corrected chi connectivity index (χ0v) is 10.4. The molecule has 1 nitrogen and oxygen atoms in total. The minimum absolute atomic E-state index is 0.194. The summed E-state index contributed by atoms with van der Waals surface area (Å²) in [7, 11) is 0. The molecule has 0 unspecified atom stereocenters. The van der Waals surface area contributed by atoms with Gasteiger partial charge in [-0.25, -0.2) is 0 Å². The van der Waals surface area contributed by atoms with Crippen LogP contribution in [0.15, 0.2) is 22.8 Å². The predicted molar refractivity (Wildman–Crippen MR) is 64.8 cm³/mol. The van der Waals surface area contributed by atoms with Gasteiger partial charge in [0.05, 0.1) is 0 Å². The quantitative estimate of drug-likeness (QED) is 0.634. The van der Waals surface area contributed by atoms with E-state index in [-0.39, 0.29) is 5.92 Å². The number of carbonyl (C=O) groups excluding carboxylic acids is 1. The highest BCUT2D eigenvalue weighted by atomic mass is 16.1. The van der Waals surface area contributed by atoms with Crippen molar-refractivity contribution >= 4 is 5.78 Å². The Kier molecular flexibility index (Phi) is 4.31. The van der Waals surface area contributed by atoms with Crippen LogP contribution >= 0.6 is 0 Å². The van der Waals surface area contributed by atoms with Crippen LogP contribution < -0.4 is 0 Å². The second kappa shape index (κ2) is 5.29. The molecule has 0 saturated heterocycles. The maximum absolute atomic E-state index is 12.1. The first-order valence-corrected chi connectivity index (χ1v) is 6.03. The van der Waals surface area contributed by atoms with E-state index in [2.05, 4.69) is 19.9 Å². The van der Waals surface area contributed by atoms with Crippen molar-refractivity contribution in [3.8, 4) is 0 Å². The number of hydrogen-bond donors (Lipinski definition) is 0. The van der Waals surface area contributed by atoms with Crippen LogP contribution in [0.25, 0.3) is 0 Å². The van der Waals surface area contributed by atoms with Crippen LogP contribution in [-0.2, 0) is 4.79 Å². The minimum atomic E-state index is 0.194. The normalized spacial score (nSPS) is 20.8. The second-order valence-electron chi connectivity index (χ2n) is 4.59. The predicted octanol–water partition coefficient (Wildman–Crippen LogP) is 4.05. The Labute approximate surface area is 93.3 Å². The molecule has 1 aliphatic carbocycles. The van der Waals surface area contributed by atoms with Gasteiger partial charge >= 0.3 is 0 Å². The lowest BCUT2D eigenvalue weighted by Gasteiger charge is -2.11. The number of carbonyl (C=O) groups is 1. The first-order chi connectivity index (χ1) is 7.11. The SMILES string of the molecule is CCCC1=CC(=C(C)C)C(=O)[C@H]1CCC. The molecule has 0 aromatic rings. The summed E-state index contributed by atoms with van der Waals surface area (Å²) < 4.78 is 0. The first-order valence-electron chi connectivity index (χ1n) is 6.03. The third-order valence-corrected chi connectivity index (χ3v) is 3.01. The molecule has 0 N–H and O–H groups in total. The molecule has 0 heterocycles. The van der Waals surface area contributed by atoms with Crippen molar-refractivity contribution in [2.45, 2.75) is 53.4 Å². The molecular weight excluding hydrogens is 184 g/mol. The molecule has 84 valence electrons. The van der Waals surface area contributed by atoms with Gasteiger partial charge in [0.1, 0.15) is 0 Å². The molecule has 1 heteroatoms. The summed E-state index contributed by atoms with van der Waals surface area (Å²) in [6.45, 7) is 8.38. The van der Waals surface area contributed by atoms with Gasteiger partial charge in [-0.05, 0) is 26.7 Å². The van der Waals surface area contributed by atoms with Crippen molar-refractivity contribution in [1.82, 2.24) is 0 Å². The number of allylic oxidation sites excluding steroid dienone is 4. The summed E-state index contributed by atoms with van der Waals surface area (Å²) >= 11 is 0. The van der Waals surface area contributed by atoms with E-state index >= 15 is 0 Å². The molecule has 0 amide bonds. The fraction of sp³-hybridized carbons (Fsp3) is 0.643. The maximum Gasteiger partial charge on any atom is 0.169 e. The van der Waals surface area contributed by atoms with Gasteiger partial charge in [0.2, 0.25) is 0 Å². The highest BCUT2D eigenvalue weighted by Gasteiger charge is 2.30. The Morgan fingerprint density at radius 1 is 1.27 bits per heavy atom. The minimum Gasteiger partial charge on any atom is -0.294 e. The van der Waals surface area contributed by atoms with E-state index in [1.807, 2.05) is 13.8 Å². The lowest BCUT2D eigenvalue weighted by atomic mass is 9.92. The van der Waals surface area contributed by atoms with Gasteiger partial charge in [-0.2, -0.15) is 0 Å². The van der Waals surface area contributed by atoms with Crippen LogP contribution in [0.1, 0.15) is 53.4 Å². The van der Waals surface area contributed by atoms with Crippen LogP contribution in [0.4, 0.5) is 0 Å². The fourth-order valence-electron chi connectivity index (χ4n) is 2.24. The van der Waals surface area contributed by atoms with Gasteiger partial charge in [0.25, 0.3) is 0 Å². The Bertz CT molecular complexity index is 303. The summed E-state index contributed by atoms with van der Waals surface area (Å²) in [5, 5.41) is 0. The third kappa shape index (κ3) is 2.58. The summed E-state index contributed by atoms with van der Waals surface area (Å²) in [6.07, 6.45) is 6.46. The van der Waals surface area contributed by atoms with Crippen molar-refractivity contribution in [3.63, 3.8) is 0 Å². The summed E-state index contributed by atoms with van der Waals surface area (Å²) in [5.41, 5.74) is 3.49. The number of hydrogen-bond acceptors (Lipinski definition) is 1. The van der Waals surface area contributed by atoms with Crippen LogP contribution in [-0.4, -0.2) is 5.78 Å². The van der Waals surface area contributed by atoms with Crippen molar-refractivity contribution in [2.24, 2.45) is 5.92 Å². The number of ketones is 1. The van der Waals surface area contributed by atoms with E-state index in [0.717, 1.165) is 36.8 Å². The average molecular weight is 206 g/mol. The van der Waals surface area contributed by atoms with Crippen molar-refractivity contribution < 1.29 is 4.79 Å². The van der Waals surface area contributed by atoms with Gasteiger partial charge in [0.15, 0.2) is 5.78 Å². The molecule has 0 aromatic carbocycles. The summed E-state index contributed by atoms with van der Waals surface area (Å²) in [4.78, 5) is 12.1. The van der Waals surface area contributed by atoms with Crippen LogP contribution in [0.3, 0.4) is 0 Å². The fourth-order valence-corrected chi connectivity index (χ4v) is 2.24. The lowest BCUT2D eigenvalue weighted by Crippen LogP contribution is -2.12. The van der Waals surface area contributed by atoms with E-state index in [0.29, 0.717) is 5.78 Å². The molecule has 15 heavy (non-hydrogen) atoms. The lowest BCUT2D eigenvalue weighted by molar-refractivity contribution is -0.117. The maximum atomic E-state index is 12.1. The first kappa shape index (κ1) is 12.2. The van der Waals surface area contributed by atoms with E-state index in [1.54, 1.807) is 0 Å². The summed E-state index contributed by atoms with van der Waals surface area (Å²) in [5.74, 6) is 0.556. The number of Topliss-reactive ketones (excluding diaryl/α,β-unsaturated/α-hetero) is 1. The molecule has 1 aliphatic rings. The monoisotopic (exact) mass is 206 g/mol. The third-order valence-electron chi connectivity index (χ3n) is 3.01. The van der Waals surface area contributed by atoms with E-state index in [4.69, 9.17) is 0 Å². The smallest absolute Gasteiger partial charge is 0.169 e. The molecule has 0 bridgehead atoms. The highest BCUT2D eigenvalue weighted by molar-refractivity contribution is 6.05. The molecule has 0 saturated carbocycles. The van der Waals surface area contributed by atoms with Gasteiger partial charge in [-0.3, -0.25) is 4.79 Å². The molecule has 0 radical (unpaired) electrons. The average Bonchev–Trinajstić information content (AvgIpc) is 2.47. The largest absolute Gasteiger partial charge is 0.294 e. The van der Waals surface area contributed by atoms with E-state index in [1.165, 1.54) is 5.57 Å². The van der Waals surface area contributed by atoms with Gasteiger partial charge in [0, 0.05) is 11.5 Å². The topological polar surface area (TPSA) is 17.1 Å². The molecular formula is C14H22O. The van der Waals surface area contributed by atoms with Crippen molar-refractivity contribution in [1.29, 1.82) is 0 Å². The van der Waals surface area contributed by atoms with Crippen molar-refractivity contribution in [3.05, 3.63) is 22.8 Å². The van der Waals surface area contributed by atoms with E-state index < -0.39 is 0 Å². The zero-order valence-electron chi connectivity index (χ0n) is 10.4. The zero-order chi connectivity index (χ0) is 11.4. The van der Waals surface area contributed by atoms with Crippen LogP contribution in [0.5, 0.6) is 0 Å². The summed E-state index contributed by atoms with van der Waals surface area (Å²) in [6, 6.07) is 0. The van der Waals surface area contributed by atoms with Gasteiger partial charge in [-0.15, -0.1) is 0 Å². The molecule has 0 aliphatic heterocycles. The second-order valence-corrected chi connectivity index (χ2v) is 4.59. The van der Waals surface area contributed by atoms with Crippen LogP contribution in [0.2, 0.25) is 0 Å². The molecule has 1 atom stereocenters. The Balaban J connectivity index is 2.95. The standard InChI is InChI=1S/C14H22O/c1-5-7-11-9-13(10(3)4)14(15)12(11)8-6-2/h9,12H,5-8H2,1-4H3/t12-/m0/s1. The van der Waals surface area contributed by atoms with Gasteiger partial charge in [-0.1, -0.05) is 43.9 Å².